The number of rotatable bonds is 8. The fourth-order valence-corrected chi connectivity index (χ4v) is 2.95. The molecule has 1 rings (SSSR count). The summed E-state index contributed by atoms with van der Waals surface area (Å²) >= 11 is 0. The molecule has 0 aliphatic carbocycles. The van der Waals surface area contributed by atoms with Crippen LogP contribution in [0.5, 0.6) is 0 Å². The molecule has 9 nitrogen and oxygen atoms in total. The van der Waals surface area contributed by atoms with E-state index in [1.165, 1.54) is 6.07 Å². The van der Waals surface area contributed by atoms with Gasteiger partial charge < -0.3 is 10.1 Å². The zero-order valence-electron chi connectivity index (χ0n) is 14.9. The largest absolute Gasteiger partial charge is 0.456 e. The van der Waals surface area contributed by atoms with E-state index in [0.29, 0.717) is 6.54 Å². The van der Waals surface area contributed by atoms with Crippen LogP contribution in [0.1, 0.15) is 24.5 Å². The van der Waals surface area contributed by atoms with Crippen LogP contribution in [0.2, 0.25) is 0 Å². The number of carbonyl (C=O) groups excluding carboxylic acids is 3. The Bertz CT molecular complexity index is 776. The second-order valence-electron chi connectivity index (χ2n) is 5.46. The van der Waals surface area contributed by atoms with E-state index in [-0.39, 0.29) is 17.9 Å². The summed E-state index contributed by atoms with van der Waals surface area (Å²) in [6, 6.07) is 4.04. The molecule has 26 heavy (non-hydrogen) atoms. The maximum Gasteiger partial charge on any atom is 0.321 e. The Morgan fingerprint density at radius 3 is 2.42 bits per heavy atom. The van der Waals surface area contributed by atoms with Gasteiger partial charge in [-0.05, 0) is 44.0 Å². The highest BCUT2D eigenvalue weighted by molar-refractivity contribution is 7.89. The van der Waals surface area contributed by atoms with Crippen molar-refractivity contribution < 1.29 is 27.5 Å². The van der Waals surface area contributed by atoms with Crippen LogP contribution >= 0.6 is 0 Å². The number of urea groups is 1. The molecule has 0 aromatic heterocycles. The Morgan fingerprint density at radius 1 is 1.12 bits per heavy atom. The van der Waals surface area contributed by atoms with Crippen molar-refractivity contribution in [3.63, 3.8) is 0 Å². The van der Waals surface area contributed by atoms with Gasteiger partial charge in [0.1, 0.15) is 0 Å². The summed E-state index contributed by atoms with van der Waals surface area (Å²) in [7, 11) is -3.74. The number of sulfonamides is 1. The second-order valence-corrected chi connectivity index (χ2v) is 7.23. The molecule has 0 heterocycles. The number of aryl methyl sites for hydroxylation is 2. The minimum Gasteiger partial charge on any atom is -0.456 e. The average molecular weight is 385 g/mol. The van der Waals surface area contributed by atoms with E-state index < -0.39 is 34.5 Å². The third kappa shape index (κ3) is 7.19. The lowest BCUT2D eigenvalue weighted by atomic mass is 10.1. The number of hydrogen-bond acceptors (Lipinski definition) is 6. The molecule has 0 aliphatic rings. The molecule has 0 aliphatic heterocycles. The highest BCUT2D eigenvalue weighted by Crippen LogP contribution is 2.14. The van der Waals surface area contributed by atoms with Crippen molar-refractivity contribution in [2.75, 3.05) is 19.7 Å². The summed E-state index contributed by atoms with van der Waals surface area (Å²) in [4.78, 5) is 34.1. The lowest BCUT2D eigenvalue weighted by Crippen LogP contribution is -2.41. The van der Waals surface area contributed by atoms with Gasteiger partial charge in [-0.2, -0.15) is 0 Å². The van der Waals surface area contributed by atoms with E-state index in [2.05, 4.69) is 14.8 Å². The first-order valence-electron chi connectivity index (χ1n) is 7.96. The van der Waals surface area contributed by atoms with E-state index in [4.69, 9.17) is 0 Å². The summed E-state index contributed by atoms with van der Waals surface area (Å²) in [6.45, 7) is 4.91. The van der Waals surface area contributed by atoms with Crippen molar-refractivity contribution in [2.45, 2.75) is 32.1 Å². The Balaban J connectivity index is 2.39. The van der Waals surface area contributed by atoms with E-state index in [1.54, 1.807) is 26.0 Å². The van der Waals surface area contributed by atoms with E-state index in [9.17, 15) is 22.8 Å². The lowest BCUT2D eigenvalue weighted by molar-refractivity contribution is -0.148. The van der Waals surface area contributed by atoms with Gasteiger partial charge in [-0.1, -0.05) is 6.07 Å². The molecule has 1 aromatic carbocycles. The van der Waals surface area contributed by atoms with Gasteiger partial charge >= 0.3 is 12.0 Å². The Morgan fingerprint density at radius 2 is 1.81 bits per heavy atom. The van der Waals surface area contributed by atoms with Crippen molar-refractivity contribution in [1.29, 1.82) is 0 Å². The molecular formula is C16H23N3O6S. The lowest BCUT2D eigenvalue weighted by Gasteiger charge is -2.09. The first kappa shape index (κ1) is 21.6. The third-order valence-corrected chi connectivity index (χ3v) is 4.82. The first-order valence-corrected chi connectivity index (χ1v) is 9.44. The molecular weight excluding hydrogens is 362 g/mol. The Hall–Kier alpha value is -2.46. The maximum absolute atomic E-state index is 12.2. The van der Waals surface area contributed by atoms with Crippen LogP contribution in [-0.4, -0.2) is 46.0 Å². The normalized spacial score (nSPS) is 10.9. The van der Waals surface area contributed by atoms with Crippen molar-refractivity contribution in [2.24, 2.45) is 0 Å². The third-order valence-electron chi connectivity index (χ3n) is 3.36. The van der Waals surface area contributed by atoms with Crippen LogP contribution in [0.15, 0.2) is 23.1 Å². The van der Waals surface area contributed by atoms with E-state index in [1.807, 2.05) is 12.2 Å². The highest BCUT2D eigenvalue weighted by atomic mass is 32.2. The van der Waals surface area contributed by atoms with Gasteiger partial charge in [0.2, 0.25) is 10.0 Å². The summed E-state index contributed by atoms with van der Waals surface area (Å²) < 4.78 is 31.3. The number of amides is 3. The van der Waals surface area contributed by atoms with Crippen molar-refractivity contribution >= 4 is 27.9 Å². The molecule has 0 unspecified atom stereocenters. The number of nitrogens with one attached hydrogen (secondary N) is 3. The molecule has 0 radical (unpaired) electrons. The van der Waals surface area contributed by atoms with Crippen LogP contribution in [0.25, 0.3) is 0 Å². The Kier molecular flexibility index (Phi) is 8.20. The quantitative estimate of drug-likeness (QED) is 0.554. The van der Waals surface area contributed by atoms with Gasteiger partial charge in [0.15, 0.2) is 6.61 Å². The number of benzene rings is 1. The number of hydrogen-bond donors (Lipinski definition) is 3. The van der Waals surface area contributed by atoms with Crippen LogP contribution < -0.4 is 15.4 Å². The SMILES string of the molecule is CCNC(=O)NC(=O)COC(=O)CCNS(=O)(=O)c1ccc(C)c(C)c1. The second kappa shape index (κ2) is 9.88. The minimum atomic E-state index is -3.74. The summed E-state index contributed by atoms with van der Waals surface area (Å²) in [5, 5.41) is 4.32. The van der Waals surface area contributed by atoms with Gasteiger partial charge in [-0.3, -0.25) is 14.9 Å². The topological polar surface area (TPSA) is 131 Å². The molecule has 144 valence electrons. The van der Waals surface area contributed by atoms with Crippen LogP contribution in [-0.2, 0) is 24.3 Å². The minimum absolute atomic E-state index is 0.107. The van der Waals surface area contributed by atoms with Gasteiger partial charge in [-0.15, -0.1) is 0 Å². The highest BCUT2D eigenvalue weighted by Gasteiger charge is 2.16. The van der Waals surface area contributed by atoms with E-state index in [0.717, 1.165) is 11.1 Å². The average Bonchev–Trinajstić information content (AvgIpc) is 2.55. The number of esters is 1. The molecule has 3 amide bonds. The van der Waals surface area contributed by atoms with Crippen LogP contribution in [0.4, 0.5) is 4.79 Å². The standard InChI is InChI=1S/C16H23N3O6S/c1-4-17-16(22)19-14(20)10-25-15(21)7-8-18-26(23,24)13-6-5-11(2)12(3)9-13/h5-6,9,18H,4,7-8,10H2,1-3H3,(H2,17,19,20,22). The molecule has 0 saturated heterocycles. The van der Waals surface area contributed by atoms with Crippen molar-refractivity contribution in [1.82, 2.24) is 15.4 Å². The van der Waals surface area contributed by atoms with Crippen LogP contribution in [0, 0.1) is 13.8 Å². The fraction of sp³-hybridized carbons (Fsp3) is 0.438. The van der Waals surface area contributed by atoms with Crippen molar-refractivity contribution in [3.8, 4) is 0 Å². The smallest absolute Gasteiger partial charge is 0.321 e. The summed E-state index contributed by atoms with van der Waals surface area (Å²) in [5.74, 6) is -1.54. The number of ether oxygens (including phenoxy) is 1. The molecule has 0 bridgehead atoms. The molecule has 10 heteroatoms. The zero-order chi connectivity index (χ0) is 19.7. The zero-order valence-corrected chi connectivity index (χ0v) is 15.7. The number of carbonyl (C=O) groups is 3. The van der Waals surface area contributed by atoms with Gasteiger partial charge in [0.05, 0.1) is 11.3 Å². The molecule has 0 spiro atoms. The molecule has 0 saturated carbocycles. The monoisotopic (exact) mass is 385 g/mol. The molecule has 1 aromatic rings. The van der Waals surface area contributed by atoms with Crippen molar-refractivity contribution in [3.05, 3.63) is 29.3 Å². The Labute approximate surface area is 152 Å². The molecule has 0 fully saturated rings. The summed E-state index contributed by atoms with van der Waals surface area (Å²) in [6.07, 6.45) is -0.251. The number of imide groups is 1. The van der Waals surface area contributed by atoms with Gasteiger partial charge in [0, 0.05) is 13.1 Å². The van der Waals surface area contributed by atoms with Crippen LogP contribution in [0.3, 0.4) is 0 Å². The maximum atomic E-state index is 12.2. The predicted molar refractivity (Wildman–Crippen MR) is 93.9 cm³/mol. The van der Waals surface area contributed by atoms with E-state index >= 15 is 0 Å². The van der Waals surface area contributed by atoms with Gasteiger partial charge in [-0.25, -0.2) is 17.9 Å². The first-order chi connectivity index (χ1) is 12.2. The predicted octanol–water partition coefficient (Wildman–Crippen LogP) is 0.361. The summed E-state index contributed by atoms with van der Waals surface area (Å²) in [5.41, 5.74) is 1.81. The fourth-order valence-electron chi connectivity index (χ4n) is 1.84. The molecule has 3 N–H and O–H groups in total. The molecule has 0 atom stereocenters. The van der Waals surface area contributed by atoms with Gasteiger partial charge in [0.25, 0.3) is 5.91 Å².